The number of fused-ring (bicyclic) bond motifs is 1. The highest BCUT2D eigenvalue weighted by Crippen LogP contribution is 2.26. The molecule has 3 nitrogen and oxygen atoms in total. The second-order valence-corrected chi connectivity index (χ2v) is 4.13. The predicted octanol–water partition coefficient (Wildman–Crippen LogP) is 2.23. The number of ether oxygens (including phenoxy) is 2. The van der Waals surface area contributed by atoms with E-state index in [0.29, 0.717) is 13.0 Å². The van der Waals surface area contributed by atoms with Crippen LogP contribution in [0.1, 0.15) is 29.3 Å². The lowest BCUT2D eigenvalue weighted by atomic mass is 10.1. The van der Waals surface area contributed by atoms with Gasteiger partial charge in [0, 0.05) is 19.1 Å². The second kappa shape index (κ2) is 4.66. The fraction of sp³-hybridized carbons (Fsp3) is 0.462. The van der Waals surface area contributed by atoms with Crippen LogP contribution in [0.3, 0.4) is 0 Å². The highest BCUT2D eigenvalue weighted by Gasteiger charge is 2.19. The van der Waals surface area contributed by atoms with Crippen LogP contribution in [0.4, 0.5) is 0 Å². The van der Waals surface area contributed by atoms with Crippen molar-refractivity contribution in [3.63, 3.8) is 0 Å². The van der Waals surface area contributed by atoms with Crippen LogP contribution in [0, 0.1) is 0 Å². The minimum atomic E-state index is 0.0279. The van der Waals surface area contributed by atoms with Crippen LogP contribution in [-0.2, 0) is 11.2 Å². The zero-order valence-electron chi connectivity index (χ0n) is 9.66. The number of hydrogen-bond acceptors (Lipinski definition) is 3. The molecule has 0 fully saturated rings. The van der Waals surface area contributed by atoms with E-state index in [2.05, 4.69) is 0 Å². The van der Waals surface area contributed by atoms with Gasteiger partial charge >= 0.3 is 0 Å². The highest BCUT2D eigenvalue weighted by atomic mass is 16.5. The molecule has 0 N–H and O–H groups in total. The average molecular weight is 220 g/mol. The van der Waals surface area contributed by atoms with Crippen molar-refractivity contribution in [1.82, 2.24) is 0 Å². The van der Waals surface area contributed by atoms with Gasteiger partial charge in [-0.2, -0.15) is 0 Å². The molecule has 0 saturated carbocycles. The number of hydrogen-bond donors (Lipinski definition) is 0. The fourth-order valence-corrected chi connectivity index (χ4v) is 2.01. The third-order valence-corrected chi connectivity index (χ3v) is 2.74. The van der Waals surface area contributed by atoms with Gasteiger partial charge in [-0.1, -0.05) is 0 Å². The van der Waals surface area contributed by atoms with Gasteiger partial charge in [0.05, 0.1) is 6.61 Å². The van der Waals surface area contributed by atoms with E-state index in [4.69, 9.17) is 9.47 Å². The van der Waals surface area contributed by atoms with E-state index in [1.807, 2.05) is 25.1 Å². The summed E-state index contributed by atoms with van der Waals surface area (Å²) in [7, 11) is 1.65. The van der Waals surface area contributed by atoms with Crippen molar-refractivity contribution < 1.29 is 14.3 Å². The Hall–Kier alpha value is -1.35. The van der Waals surface area contributed by atoms with Crippen molar-refractivity contribution in [1.29, 1.82) is 0 Å². The first-order valence-electron chi connectivity index (χ1n) is 5.52. The number of carbonyl (C=O) groups is 1. The summed E-state index contributed by atoms with van der Waals surface area (Å²) in [5.74, 6) is 1.06. The third kappa shape index (κ3) is 2.25. The summed E-state index contributed by atoms with van der Waals surface area (Å²) in [5, 5.41) is 0. The normalized spacial score (nSPS) is 16.0. The zero-order chi connectivity index (χ0) is 11.5. The zero-order valence-corrected chi connectivity index (χ0v) is 9.66. The smallest absolute Gasteiger partial charge is 0.163 e. The maximum Gasteiger partial charge on any atom is 0.163 e. The average Bonchev–Trinajstić information content (AvgIpc) is 2.60. The Bertz CT molecular complexity index is 398. The quantitative estimate of drug-likeness (QED) is 0.780. The van der Waals surface area contributed by atoms with Gasteiger partial charge in [0.15, 0.2) is 5.78 Å². The third-order valence-electron chi connectivity index (χ3n) is 2.74. The molecule has 2 rings (SSSR count). The summed E-state index contributed by atoms with van der Waals surface area (Å²) in [6.07, 6.45) is 1.50. The molecular weight excluding hydrogens is 204 g/mol. The topological polar surface area (TPSA) is 35.5 Å². The largest absolute Gasteiger partial charge is 0.488 e. The molecule has 0 aliphatic heterocycles. The lowest BCUT2D eigenvalue weighted by Crippen LogP contribution is -2.18. The number of Topliss-reactive ketones (excluding diaryl/α,β-unsaturated/α-hetero) is 1. The Morgan fingerprint density at radius 3 is 2.94 bits per heavy atom. The van der Waals surface area contributed by atoms with Crippen molar-refractivity contribution >= 4 is 5.78 Å². The number of ketones is 1. The molecular formula is C13H16O3. The first kappa shape index (κ1) is 11.1. The molecule has 0 aromatic heterocycles. The number of aryl methyl sites for hydroxylation is 1. The molecule has 1 aromatic rings. The van der Waals surface area contributed by atoms with Crippen LogP contribution in [0.2, 0.25) is 0 Å². The molecule has 86 valence electrons. The van der Waals surface area contributed by atoms with Crippen molar-refractivity contribution in [2.24, 2.45) is 0 Å². The monoisotopic (exact) mass is 220 g/mol. The summed E-state index contributed by atoms with van der Waals surface area (Å²) in [5.41, 5.74) is 1.96. The fourth-order valence-electron chi connectivity index (χ4n) is 2.01. The number of methoxy groups -OCH3 is 1. The number of rotatable bonds is 4. The van der Waals surface area contributed by atoms with Crippen molar-refractivity contribution in [2.75, 3.05) is 13.7 Å². The summed E-state index contributed by atoms with van der Waals surface area (Å²) >= 11 is 0. The van der Waals surface area contributed by atoms with Crippen molar-refractivity contribution in [3.05, 3.63) is 29.3 Å². The van der Waals surface area contributed by atoms with Crippen LogP contribution in [0.25, 0.3) is 0 Å². The van der Waals surface area contributed by atoms with E-state index < -0.39 is 0 Å². The minimum absolute atomic E-state index is 0.0279. The first-order valence-corrected chi connectivity index (χ1v) is 5.52. The van der Waals surface area contributed by atoms with Crippen LogP contribution >= 0.6 is 0 Å². The molecule has 0 heterocycles. The first-order chi connectivity index (χ1) is 7.70. The molecule has 3 heteroatoms. The maximum absolute atomic E-state index is 11.4. The van der Waals surface area contributed by atoms with Gasteiger partial charge in [0.25, 0.3) is 0 Å². The molecule has 1 unspecified atom stereocenters. The lowest BCUT2D eigenvalue weighted by molar-refractivity contribution is 0.0920. The minimum Gasteiger partial charge on any atom is -0.488 e. The summed E-state index contributed by atoms with van der Waals surface area (Å²) in [4.78, 5) is 11.4. The summed E-state index contributed by atoms with van der Waals surface area (Å²) in [6, 6.07) is 5.68. The van der Waals surface area contributed by atoms with Gasteiger partial charge < -0.3 is 9.47 Å². The van der Waals surface area contributed by atoms with E-state index in [-0.39, 0.29) is 11.9 Å². The van der Waals surface area contributed by atoms with E-state index >= 15 is 0 Å². The van der Waals surface area contributed by atoms with Crippen molar-refractivity contribution in [2.45, 2.75) is 25.9 Å². The lowest BCUT2D eigenvalue weighted by Gasteiger charge is -2.14. The number of benzene rings is 1. The van der Waals surface area contributed by atoms with Crippen LogP contribution in [0.15, 0.2) is 18.2 Å². The van der Waals surface area contributed by atoms with Crippen molar-refractivity contribution in [3.8, 4) is 5.75 Å². The predicted molar refractivity (Wildman–Crippen MR) is 61.1 cm³/mol. The molecule has 0 saturated heterocycles. The standard InChI is InChI=1S/C13H16O3/c1-9(8-15-2)16-11-4-5-12-10(7-11)3-6-13(12)14/h4-5,7,9H,3,6,8H2,1-2H3. The molecule has 1 aliphatic rings. The molecule has 0 bridgehead atoms. The van der Waals surface area contributed by atoms with Crippen LogP contribution in [0.5, 0.6) is 5.75 Å². The van der Waals surface area contributed by atoms with Gasteiger partial charge in [-0.3, -0.25) is 4.79 Å². The van der Waals surface area contributed by atoms with Crippen LogP contribution < -0.4 is 4.74 Å². The van der Waals surface area contributed by atoms with E-state index in [0.717, 1.165) is 23.3 Å². The molecule has 0 radical (unpaired) electrons. The summed E-state index contributed by atoms with van der Waals surface area (Å²) in [6.45, 7) is 2.53. The highest BCUT2D eigenvalue weighted by molar-refractivity contribution is 6.00. The van der Waals surface area contributed by atoms with Gasteiger partial charge in [-0.05, 0) is 37.1 Å². The Morgan fingerprint density at radius 1 is 1.38 bits per heavy atom. The molecule has 1 aliphatic carbocycles. The molecule has 0 amide bonds. The Balaban J connectivity index is 2.10. The summed E-state index contributed by atoms with van der Waals surface area (Å²) < 4.78 is 10.7. The van der Waals surface area contributed by atoms with E-state index in [1.54, 1.807) is 7.11 Å². The molecule has 16 heavy (non-hydrogen) atoms. The molecule has 1 aromatic carbocycles. The van der Waals surface area contributed by atoms with Crippen LogP contribution in [-0.4, -0.2) is 25.6 Å². The maximum atomic E-state index is 11.4. The molecule has 0 spiro atoms. The Labute approximate surface area is 95.4 Å². The Kier molecular flexibility index (Phi) is 3.25. The molecule has 1 atom stereocenters. The van der Waals surface area contributed by atoms with Gasteiger partial charge in [0.2, 0.25) is 0 Å². The van der Waals surface area contributed by atoms with Gasteiger partial charge in [0.1, 0.15) is 11.9 Å². The van der Waals surface area contributed by atoms with E-state index in [9.17, 15) is 4.79 Å². The van der Waals surface area contributed by atoms with E-state index in [1.165, 1.54) is 0 Å². The Morgan fingerprint density at radius 2 is 2.19 bits per heavy atom. The SMILES string of the molecule is COCC(C)Oc1ccc2c(c1)CCC2=O. The van der Waals surface area contributed by atoms with Gasteiger partial charge in [-0.25, -0.2) is 0 Å². The van der Waals surface area contributed by atoms with Gasteiger partial charge in [-0.15, -0.1) is 0 Å². The second-order valence-electron chi connectivity index (χ2n) is 4.13. The number of carbonyl (C=O) groups excluding carboxylic acids is 1.